The molecule has 0 atom stereocenters. The minimum atomic E-state index is -1.35. The summed E-state index contributed by atoms with van der Waals surface area (Å²) in [5.41, 5.74) is 1.68. The number of benzene rings is 2. The van der Waals surface area contributed by atoms with E-state index in [2.05, 4.69) is 0 Å². The van der Waals surface area contributed by atoms with Crippen LogP contribution in [0.2, 0.25) is 0 Å². The highest BCUT2D eigenvalue weighted by molar-refractivity contribution is 6.25. The van der Waals surface area contributed by atoms with E-state index in [0.29, 0.717) is 16.7 Å². The fourth-order valence-electron chi connectivity index (χ4n) is 3.34. The van der Waals surface area contributed by atoms with Gasteiger partial charge in [-0.1, -0.05) is 42.5 Å². The Morgan fingerprint density at radius 1 is 0.852 bits per heavy atom. The van der Waals surface area contributed by atoms with E-state index in [9.17, 15) is 19.2 Å². The second-order valence-corrected chi connectivity index (χ2v) is 6.23. The number of hydrogen-bond donors (Lipinski definition) is 1. The van der Waals surface area contributed by atoms with E-state index in [1.165, 1.54) is 10.8 Å². The summed E-state index contributed by atoms with van der Waals surface area (Å²) in [4.78, 5) is 48.3. The van der Waals surface area contributed by atoms with Crippen LogP contribution in [0, 0.1) is 0 Å². The Morgan fingerprint density at radius 2 is 1.56 bits per heavy atom. The molecule has 1 aliphatic rings. The third-order valence-electron chi connectivity index (χ3n) is 4.59. The van der Waals surface area contributed by atoms with Crippen LogP contribution < -0.4 is 5.43 Å². The van der Waals surface area contributed by atoms with Crippen LogP contribution in [0.15, 0.2) is 65.7 Å². The van der Waals surface area contributed by atoms with Crippen molar-refractivity contribution >= 4 is 17.5 Å². The smallest absolute Gasteiger partial charge is 0.341 e. The molecular formula is C21H13NO5. The van der Waals surface area contributed by atoms with E-state index < -0.39 is 17.0 Å². The minimum Gasteiger partial charge on any atom is -0.477 e. The second kappa shape index (κ2) is 6.17. The molecule has 1 heterocycles. The molecule has 0 aliphatic heterocycles. The average Bonchev–Trinajstić information content (AvgIpc) is 2.96. The highest BCUT2D eigenvalue weighted by atomic mass is 16.4. The molecule has 6 heteroatoms. The number of rotatable bonds is 4. The number of carbonyl (C=O) groups is 3. The van der Waals surface area contributed by atoms with Crippen LogP contribution in [0.3, 0.4) is 0 Å². The topological polar surface area (TPSA) is 93.4 Å². The molecule has 27 heavy (non-hydrogen) atoms. The lowest BCUT2D eigenvalue weighted by molar-refractivity contribution is 0.0693. The first-order valence-corrected chi connectivity index (χ1v) is 8.21. The molecule has 1 aliphatic carbocycles. The van der Waals surface area contributed by atoms with E-state index in [1.807, 2.05) is 12.1 Å². The van der Waals surface area contributed by atoms with E-state index in [4.69, 9.17) is 5.11 Å². The van der Waals surface area contributed by atoms with Gasteiger partial charge in [-0.15, -0.1) is 0 Å². The van der Waals surface area contributed by atoms with Crippen molar-refractivity contribution < 1.29 is 19.5 Å². The van der Waals surface area contributed by atoms with Crippen LogP contribution in [-0.4, -0.2) is 27.2 Å². The van der Waals surface area contributed by atoms with Gasteiger partial charge in [0.1, 0.15) is 5.56 Å². The monoisotopic (exact) mass is 359 g/mol. The Hall–Kier alpha value is -3.80. The van der Waals surface area contributed by atoms with Crippen LogP contribution in [-0.2, 0) is 6.54 Å². The molecule has 0 bridgehead atoms. The van der Waals surface area contributed by atoms with Crippen LogP contribution in [0.25, 0.3) is 11.1 Å². The lowest BCUT2D eigenvalue weighted by Gasteiger charge is -2.09. The van der Waals surface area contributed by atoms with Gasteiger partial charge in [0, 0.05) is 35.2 Å². The SMILES string of the molecule is O=C(Cn1ccc(=O)c(C(=O)O)c1)c1cccc2c1C(=O)c1ccccc1-2. The van der Waals surface area contributed by atoms with Crippen molar-refractivity contribution in [1.82, 2.24) is 4.57 Å². The average molecular weight is 359 g/mol. The molecular weight excluding hydrogens is 346 g/mol. The molecule has 6 nitrogen and oxygen atoms in total. The first-order chi connectivity index (χ1) is 13.0. The van der Waals surface area contributed by atoms with Gasteiger partial charge >= 0.3 is 5.97 Å². The van der Waals surface area contributed by atoms with Crippen LogP contribution in [0.1, 0.15) is 36.6 Å². The summed E-state index contributed by atoms with van der Waals surface area (Å²) >= 11 is 0. The summed E-state index contributed by atoms with van der Waals surface area (Å²) in [5, 5.41) is 9.06. The predicted octanol–water partition coefficient (Wildman–Crippen LogP) is 2.64. The zero-order valence-corrected chi connectivity index (χ0v) is 14.0. The lowest BCUT2D eigenvalue weighted by Crippen LogP contribution is -2.19. The van der Waals surface area contributed by atoms with Gasteiger partial charge in [-0.3, -0.25) is 14.4 Å². The molecule has 2 aromatic carbocycles. The number of fused-ring (bicyclic) bond motifs is 3. The van der Waals surface area contributed by atoms with Crippen molar-refractivity contribution in [3.05, 3.63) is 93.4 Å². The highest BCUT2D eigenvalue weighted by Crippen LogP contribution is 2.38. The van der Waals surface area contributed by atoms with Gasteiger partial charge in [-0.05, 0) is 11.1 Å². The van der Waals surface area contributed by atoms with Crippen LogP contribution in [0.4, 0.5) is 0 Å². The lowest BCUT2D eigenvalue weighted by atomic mass is 9.98. The van der Waals surface area contributed by atoms with Gasteiger partial charge in [-0.25, -0.2) is 4.79 Å². The first-order valence-electron chi connectivity index (χ1n) is 8.21. The van der Waals surface area contributed by atoms with Gasteiger partial charge in [0.25, 0.3) is 0 Å². The maximum atomic E-state index is 12.8. The van der Waals surface area contributed by atoms with Crippen molar-refractivity contribution in [2.75, 3.05) is 0 Å². The summed E-state index contributed by atoms with van der Waals surface area (Å²) in [6, 6.07) is 13.4. The number of carbonyl (C=O) groups excluding carboxylic acids is 2. The number of aromatic carboxylic acids is 1. The Morgan fingerprint density at radius 3 is 2.30 bits per heavy atom. The molecule has 4 rings (SSSR count). The van der Waals surface area contributed by atoms with Gasteiger partial charge in [0.05, 0.1) is 6.54 Å². The number of Topliss-reactive ketones (excluding diaryl/α,β-unsaturated/α-hetero) is 1. The standard InChI is InChI=1S/C21H13NO5/c23-17-8-9-22(10-16(17)21(26)27)11-18(24)15-7-3-6-13-12-4-1-2-5-14(12)20(25)19(13)15/h1-10H,11H2,(H,26,27). The summed E-state index contributed by atoms with van der Waals surface area (Å²) in [6.07, 6.45) is 2.48. The quantitative estimate of drug-likeness (QED) is 0.566. The van der Waals surface area contributed by atoms with Crippen molar-refractivity contribution in [3.8, 4) is 11.1 Å². The zero-order chi connectivity index (χ0) is 19.1. The van der Waals surface area contributed by atoms with Gasteiger partial charge in [0.15, 0.2) is 17.0 Å². The number of hydrogen-bond acceptors (Lipinski definition) is 4. The Labute approximate surface area is 153 Å². The number of ketones is 2. The fourth-order valence-corrected chi connectivity index (χ4v) is 3.34. The van der Waals surface area contributed by atoms with Gasteiger partial charge in [-0.2, -0.15) is 0 Å². The normalized spacial score (nSPS) is 11.8. The van der Waals surface area contributed by atoms with Gasteiger partial charge in [0.2, 0.25) is 0 Å². The molecule has 0 saturated heterocycles. The first kappa shape index (κ1) is 16.7. The third-order valence-corrected chi connectivity index (χ3v) is 4.59. The highest BCUT2D eigenvalue weighted by Gasteiger charge is 2.30. The molecule has 0 amide bonds. The van der Waals surface area contributed by atoms with E-state index in [1.54, 1.807) is 30.3 Å². The summed E-state index contributed by atoms with van der Waals surface area (Å²) in [7, 11) is 0. The number of aromatic nitrogens is 1. The third kappa shape index (κ3) is 2.67. The van der Waals surface area contributed by atoms with Crippen molar-refractivity contribution in [3.63, 3.8) is 0 Å². The molecule has 0 fully saturated rings. The van der Waals surface area contributed by atoms with E-state index >= 15 is 0 Å². The largest absolute Gasteiger partial charge is 0.477 e. The number of pyridine rings is 1. The molecule has 1 N–H and O–H groups in total. The Kier molecular flexibility index (Phi) is 3.81. The van der Waals surface area contributed by atoms with Crippen molar-refractivity contribution in [2.45, 2.75) is 6.54 Å². The van der Waals surface area contributed by atoms with E-state index in [-0.39, 0.29) is 23.7 Å². The maximum Gasteiger partial charge on any atom is 0.341 e. The summed E-state index contributed by atoms with van der Waals surface area (Å²) < 4.78 is 1.33. The van der Waals surface area contributed by atoms with E-state index in [0.717, 1.165) is 17.8 Å². The minimum absolute atomic E-state index is 0.180. The number of carboxylic acids is 1. The number of carboxylic acid groups (broad SMARTS) is 1. The molecule has 132 valence electrons. The maximum absolute atomic E-state index is 12.8. The van der Waals surface area contributed by atoms with Crippen molar-refractivity contribution in [1.29, 1.82) is 0 Å². The molecule has 0 radical (unpaired) electrons. The predicted molar refractivity (Wildman–Crippen MR) is 97.3 cm³/mol. The summed E-state index contributed by atoms with van der Waals surface area (Å²) in [6.45, 7) is -0.180. The van der Waals surface area contributed by atoms with Gasteiger partial charge < -0.3 is 9.67 Å². The second-order valence-electron chi connectivity index (χ2n) is 6.23. The molecule has 0 saturated carbocycles. The molecule has 0 spiro atoms. The van der Waals surface area contributed by atoms with Crippen LogP contribution in [0.5, 0.6) is 0 Å². The summed E-state index contributed by atoms with van der Waals surface area (Å²) in [5.74, 6) is -1.89. The fraction of sp³-hybridized carbons (Fsp3) is 0.0476. The Balaban J connectivity index is 1.73. The molecule has 0 unspecified atom stereocenters. The zero-order valence-electron chi connectivity index (χ0n) is 14.0. The van der Waals surface area contributed by atoms with Crippen molar-refractivity contribution in [2.24, 2.45) is 0 Å². The Bertz CT molecular complexity index is 1190. The molecule has 3 aromatic rings. The number of nitrogens with zero attached hydrogens (tertiary/aromatic N) is 1. The van der Waals surface area contributed by atoms with Crippen LogP contribution >= 0.6 is 0 Å². The molecule has 1 aromatic heterocycles.